The van der Waals surface area contributed by atoms with Gasteiger partial charge in [0, 0.05) is 12.3 Å². The third kappa shape index (κ3) is 7.77. The van der Waals surface area contributed by atoms with Crippen LogP contribution in [0.5, 0.6) is 0 Å². The van der Waals surface area contributed by atoms with Crippen molar-refractivity contribution < 1.29 is 13.2 Å². The van der Waals surface area contributed by atoms with Crippen LogP contribution in [0.3, 0.4) is 0 Å². The van der Waals surface area contributed by atoms with Gasteiger partial charge in [0.2, 0.25) is 0 Å². The number of rotatable bonds is 11. The molecule has 0 bridgehead atoms. The van der Waals surface area contributed by atoms with Crippen molar-refractivity contribution in [3.8, 4) is 0 Å². The van der Waals surface area contributed by atoms with Gasteiger partial charge in [-0.2, -0.15) is 0 Å². The monoisotopic (exact) mass is 281 g/mol. The molecule has 17 heavy (non-hydrogen) atoms. The third-order valence-electron chi connectivity index (χ3n) is 2.80. The van der Waals surface area contributed by atoms with Crippen LogP contribution in [0.4, 0.5) is 0 Å². The van der Waals surface area contributed by atoms with Gasteiger partial charge in [-0.05, 0) is 19.3 Å². The largest absolute Gasteiger partial charge is 0.291 e. The summed E-state index contributed by atoms with van der Waals surface area (Å²) in [5.41, 5.74) is 0. The summed E-state index contributed by atoms with van der Waals surface area (Å²) in [6.07, 6.45) is 6.99. The molecule has 0 heterocycles. The van der Waals surface area contributed by atoms with Gasteiger partial charge in [0.15, 0.2) is 16.1 Å². The summed E-state index contributed by atoms with van der Waals surface area (Å²) >= 11 is 5.52. The summed E-state index contributed by atoms with van der Waals surface area (Å²) in [6.45, 7) is 2.05. The number of hydrogen-bond acceptors (Lipinski definition) is 3. The van der Waals surface area contributed by atoms with Gasteiger partial charge in [0.25, 0.3) is 0 Å². The fourth-order valence-corrected chi connectivity index (χ4v) is 4.02. The maximum absolute atomic E-state index is 11.9. The minimum absolute atomic E-state index is 0.0583. The van der Waals surface area contributed by atoms with Crippen LogP contribution in [-0.2, 0) is 14.6 Å². The summed E-state index contributed by atoms with van der Waals surface area (Å²) in [4.78, 5) is 10.1. The first kappa shape index (κ1) is 16.9. The summed E-state index contributed by atoms with van der Waals surface area (Å²) in [7, 11) is -3.06. The lowest BCUT2D eigenvalue weighted by atomic mass is 10.1. The lowest BCUT2D eigenvalue weighted by molar-refractivity contribution is 0.529. The molecule has 5 heteroatoms. The molecular weight excluding hydrogens is 260 g/mol. The molecule has 0 rings (SSSR count). The molecule has 0 spiro atoms. The Morgan fingerprint density at radius 3 is 2.35 bits per heavy atom. The fraction of sp³-hybridized carbons (Fsp3) is 0.917. The van der Waals surface area contributed by atoms with E-state index in [0.717, 1.165) is 25.7 Å². The highest BCUT2D eigenvalue weighted by molar-refractivity contribution is 7.92. The van der Waals surface area contributed by atoms with Crippen molar-refractivity contribution in [2.75, 3.05) is 11.6 Å². The van der Waals surface area contributed by atoms with E-state index in [1.165, 1.54) is 0 Å². The van der Waals surface area contributed by atoms with E-state index in [0.29, 0.717) is 19.3 Å². The molecule has 1 unspecified atom stereocenters. The van der Waals surface area contributed by atoms with Crippen LogP contribution in [0.15, 0.2) is 0 Å². The van der Waals surface area contributed by atoms with Crippen LogP contribution in [0.25, 0.3) is 0 Å². The van der Waals surface area contributed by atoms with E-state index in [1.807, 2.05) is 13.2 Å². The quantitative estimate of drug-likeness (QED) is 0.432. The molecule has 0 aliphatic carbocycles. The molecule has 3 nitrogen and oxygen atoms in total. The molecule has 0 amide bonds. The Morgan fingerprint density at radius 2 is 1.82 bits per heavy atom. The van der Waals surface area contributed by atoms with E-state index in [4.69, 9.17) is 11.6 Å². The number of alkyl halides is 1. The fourth-order valence-electron chi connectivity index (χ4n) is 1.78. The predicted octanol–water partition coefficient (Wildman–Crippen LogP) is 2.87. The lowest BCUT2D eigenvalue weighted by Gasteiger charge is -2.16. The maximum atomic E-state index is 11.9. The average molecular weight is 282 g/mol. The highest BCUT2D eigenvalue weighted by Crippen LogP contribution is 2.18. The Bertz CT molecular complexity index is 288. The van der Waals surface area contributed by atoms with Gasteiger partial charge in [-0.1, -0.05) is 26.2 Å². The van der Waals surface area contributed by atoms with Crippen molar-refractivity contribution in [3.63, 3.8) is 0 Å². The van der Waals surface area contributed by atoms with Gasteiger partial charge in [-0.25, -0.2) is 8.42 Å². The van der Waals surface area contributed by atoms with Crippen LogP contribution in [0.1, 0.15) is 51.9 Å². The number of unbranched alkanes of at least 4 members (excludes halogenated alkanes) is 3. The highest BCUT2D eigenvalue weighted by Gasteiger charge is 2.23. The van der Waals surface area contributed by atoms with E-state index >= 15 is 0 Å². The van der Waals surface area contributed by atoms with Crippen LogP contribution < -0.4 is 0 Å². The van der Waals surface area contributed by atoms with Crippen molar-refractivity contribution in [2.24, 2.45) is 0 Å². The third-order valence-corrected chi connectivity index (χ3v) is 5.48. The van der Waals surface area contributed by atoms with E-state index in [2.05, 4.69) is 0 Å². The number of carbonyl (C=O) groups excluding carboxylic acids is 1. The predicted molar refractivity (Wildman–Crippen MR) is 72.0 cm³/mol. The first-order valence-corrected chi connectivity index (χ1v) is 8.46. The summed E-state index contributed by atoms with van der Waals surface area (Å²) < 4.78 is 23.9. The van der Waals surface area contributed by atoms with Gasteiger partial charge in [-0.3, -0.25) is 4.79 Å². The van der Waals surface area contributed by atoms with Crippen molar-refractivity contribution in [1.82, 2.24) is 0 Å². The SMILES string of the molecule is CCCCC(CCCC[C]=O)S(=O)(=O)CCCl. The minimum atomic E-state index is -3.06. The van der Waals surface area contributed by atoms with Gasteiger partial charge in [-0.15, -0.1) is 11.6 Å². The van der Waals surface area contributed by atoms with E-state index < -0.39 is 9.84 Å². The molecule has 0 aliphatic rings. The second-order valence-corrected chi connectivity index (χ2v) is 6.99. The Labute approximate surface area is 110 Å². The average Bonchev–Trinajstić information content (AvgIpc) is 2.27. The van der Waals surface area contributed by atoms with Gasteiger partial charge >= 0.3 is 0 Å². The number of halogens is 1. The van der Waals surface area contributed by atoms with Gasteiger partial charge in [0.1, 0.15) is 0 Å². The molecule has 0 saturated heterocycles. The summed E-state index contributed by atoms with van der Waals surface area (Å²) in [5.74, 6) is 0.218. The van der Waals surface area contributed by atoms with Crippen molar-refractivity contribution in [2.45, 2.75) is 57.1 Å². The molecule has 0 aliphatic heterocycles. The number of hydrogen-bond donors (Lipinski definition) is 0. The molecule has 1 radical (unpaired) electrons. The normalized spacial score (nSPS) is 13.5. The number of sulfone groups is 1. The molecule has 0 saturated carbocycles. The molecule has 1 atom stereocenters. The standard InChI is InChI=1S/C12H22ClO3S/c1-2-3-7-12(8-5-4-6-10-14)17(15,16)11-9-13/h12H,2-9,11H2,1H3. The smallest absolute Gasteiger partial charge is 0.198 e. The topological polar surface area (TPSA) is 51.2 Å². The maximum Gasteiger partial charge on any atom is 0.198 e. The Morgan fingerprint density at radius 1 is 1.18 bits per heavy atom. The first-order valence-electron chi connectivity index (χ1n) is 6.21. The highest BCUT2D eigenvalue weighted by atomic mass is 35.5. The second-order valence-electron chi connectivity index (χ2n) is 4.21. The minimum Gasteiger partial charge on any atom is -0.291 e. The zero-order valence-electron chi connectivity index (χ0n) is 10.5. The summed E-state index contributed by atoms with van der Waals surface area (Å²) in [6, 6.07) is 0. The van der Waals surface area contributed by atoms with Crippen LogP contribution >= 0.6 is 11.6 Å². The lowest BCUT2D eigenvalue weighted by Crippen LogP contribution is -2.25. The molecular formula is C12H22ClO3S. The Balaban J connectivity index is 4.26. The van der Waals surface area contributed by atoms with Crippen molar-refractivity contribution in [3.05, 3.63) is 0 Å². The molecule has 0 N–H and O–H groups in total. The Kier molecular flexibility index (Phi) is 9.84. The Hall–Kier alpha value is -0.0900. The molecule has 0 aromatic heterocycles. The van der Waals surface area contributed by atoms with E-state index in [-0.39, 0.29) is 16.9 Å². The molecule has 0 aromatic rings. The molecule has 101 valence electrons. The molecule has 0 aromatic carbocycles. The molecule has 0 fully saturated rings. The van der Waals surface area contributed by atoms with Gasteiger partial charge in [0.05, 0.1) is 11.0 Å². The van der Waals surface area contributed by atoms with Crippen LogP contribution in [-0.4, -0.2) is 31.6 Å². The van der Waals surface area contributed by atoms with Crippen LogP contribution in [0.2, 0.25) is 0 Å². The first-order chi connectivity index (χ1) is 8.08. The van der Waals surface area contributed by atoms with Gasteiger partial charge < -0.3 is 0 Å². The van der Waals surface area contributed by atoms with E-state index in [9.17, 15) is 13.2 Å². The second kappa shape index (κ2) is 9.89. The zero-order chi connectivity index (χ0) is 13.1. The van der Waals surface area contributed by atoms with E-state index in [1.54, 1.807) is 0 Å². The van der Waals surface area contributed by atoms with Crippen LogP contribution in [0, 0.1) is 0 Å². The zero-order valence-corrected chi connectivity index (χ0v) is 12.0. The van der Waals surface area contributed by atoms with Crippen molar-refractivity contribution >= 4 is 27.7 Å². The van der Waals surface area contributed by atoms with Crippen molar-refractivity contribution in [1.29, 1.82) is 0 Å². The summed E-state index contributed by atoms with van der Waals surface area (Å²) in [5, 5.41) is -0.284.